The van der Waals surface area contributed by atoms with Crippen molar-refractivity contribution in [2.45, 2.75) is 6.54 Å². The van der Waals surface area contributed by atoms with Crippen molar-refractivity contribution in [2.75, 3.05) is 28.2 Å². The highest BCUT2D eigenvalue weighted by molar-refractivity contribution is 6.04. The third-order valence-electron chi connectivity index (χ3n) is 4.58. The SMILES string of the molecule is O=C(Nc1cc(F)ccc1F)N1CCN(Cc2ccccc2)c2ncccc21. The summed E-state index contributed by atoms with van der Waals surface area (Å²) in [6, 6.07) is 15.9. The summed E-state index contributed by atoms with van der Waals surface area (Å²) in [5.74, 6) is -0.636. The van der Waals surface area contributed by atoms with Crippen LogP contribution in [0.2, 0.25) is 0 Å². The summed E-state index contributed by atoms with van der Waals surface area (Å²) < 4.78 is 27.3. The van der Waals surface area contributed by atoms with Gasteiger partial charge in [0.25, 0.3) is 0 Å². The third-order valence-corrected chi connectivity index (χ3v) is 4.58. The molecule has 1 aliphatic rings. The van der Waals surface area contributed by atoms with E-state index in [9.17, 15) is 13.6 Å². The number of carbonyl (C=O) groups excluding carboxylic acids is 1. The predicted octanol–water partition coefficient (Wildman–Crippen LogP) is 4.42. The van der Waals surface area contributed by atoms with E-state index < -0.39 is 17.7 Å². The molecule has 3 aromatic rings. The standard InChI is InChI=1S/C21H18F2N4O/c22-16-8-9-17(23)18(13-16)25-21(28)27-12-11-26(14-15-5-2-1-3-6-15)20-19(27)7-4-10-24-20/h1-10,13H,11-12,14H2,(H,25,28). The van der Waals surface area contributed by atoms with E-state index >= 15 is 0 Å². The van der Waals surface area contributed by atoms with Gasteiger partial charge in [-0.3, -0.25) is 4.90 Å². The molecule has 0 spiro atoms. The zero-order chi connectivity index (χ0) is 19.5. The van der Waals surface area contributed by atoms with Gasteiger partial charge in [-0.2, -0.15) is 0 Å². The van der Waals surface area contributed by atoms with Crippen molar-refractivity contribution in [1.82, 2.24) is 4.98 Å². The minimum atomic E-state index is -0.691. The molecule has 0 unspecified atom stereocenters. The lowest BCUT2D eigenvalue weighted by molar-refractivity contribution is 0.256. The van der Waals surface area contributed by atoms with Gasteiger partial charge in [-0.1, -0.05) is 30.3 Å². The lowest BCUT2D eigenvalue weighted by Gasteiger charge is -2.36. The van der Waals surface area contributed by atoms with Crippen LogP contribution in [-0.2, 0) is 6.54 Å². The summed E-state index contributed by atoms with van der Waals surface area (Å²) in [7, 11) is 0. The quantitative estimate of drug-likeness (QED) is 0.732. The van der Waals surface area contributed by atoms with Crippen LogP contribution in [-0.4, -0.2) is 24.1 Å². The van der Waals surface area contributed by atoms with E-state index in [2.05, 4.69) is 15.2 Å². The van der Waals surface area contributed by atoms with Crippen LogP contribution >= 0.6 is 0 Å². The number of carbonyl (C=O) groups is 1. The minimum absolute atomic E-state index is 0.192. The molecule has 0 aliphatic carbocycles. The maximum absolute atomic E-state index is 13.9. The molecule has 0 atom stereocenters. The summed E-state index contributed by atoms with van der Waals surface area (Å²) in [6.45, 7) is 1.63. The largest absolute Gasteiger partial charge is 0.349 e. The first-order valence-corrected chi connectivity index (χ1v) is 8.89. The fraction of sp³-hybridized carbons (Fsp3) is 0.143. The average molecular weight is 380 g/mol. The molecule has 1 aromatic heterocycles. The van der Waals surface area contributed by atoms with Gasteiger partial charge in [0, 0.05) is 31.9 Å². The highest BCUT2D eigenvalue weighted by atomic mass is 19.1. The molecule has 1 N–H and O–H groups in total. The molecule has 0 radical (unpaired) electrons. The number of halogens is 2. The molecule has 0 fully saturated rings. The number of hydrogen-bond donors (Lipinski definition) is 1. The van der Waals surface area contributed by atoms with E-state index in [0.29, 0.717) is 31.1 Å². The van der Waals surface area contributed by atoms with E-state index in [0.717, 1.165) is 23.8 Å². The number of benzene rings is 2. The number of pyridine rings is 1. The van der Waals surface area contributed by atoms with Crippen molar-refractivity contribution in [3.05, 3.63) is 84.1 Å². The molecular weight excluding hydrogens is 362 g/mol. The van der Waals surface area contributed by atoms with E-state index in [1.807, 2.05) is 30.3 Å². The molecule has 0 saturated heterocycles. The number of rotatable bonds is 3. The second-order valence-electron chi connectivity index (χ2n) is 6.46. The van der Waals surface area contributed by atoms with E-state index in [1.54, 1.807) is 18.3 Å². The van der Waals surface area contributed by atoms with Crippen molar-refractivity contribution in [3.8, 4) is 0 Å². The summed E-state index contributed by atoms with van der Waals surface area (Å²) >= 11 is 0. The molecule has 142 valence electrons. The van der Waals surface area contributed by atoms with Crippen LogP contribution in [0, 0.1) is 11.6 Å². The number of urea groups is 1. The number of anilines is 3. The van der Waals surface area contributed by atoms with Crippen LogP contribution in [0.15, 0.2) is 66.9 Å². The Morgan fingerprint density at radius 3 is 2.68 bits per heavy atom. The smallest absolute Gasteiger partial charge is 0.326 e. The fourth-order valence-corrected chi connectivity index (χ4v) is 3.23. The fourth-order valence-electron chi connectivity index (χ4n) is 3.23. The zero-order valence-electron chi connectivity index (χ0n) is 15.0. The Balaban J connectivity index is 1.57. The Morgan fingerprint density at radius 2 is 1.86 bits per heavy atom. The number of aromatic nitrogens is 1. The second kappa shape index (κ2) is 7.64. The number of hydrogen-bond acceptors (Lipinski definition) is 3. The average Bonchev–Trinajstić information content (AvgIpc) is 2.71. The lowest BCUT2D eigenvalue weighted by atomic mass is 10.2. The van der Waals surface area contributed by atoms with Gasteiger partial charge in [0.05, 0.1) is 11.4 Å². The van der Waals surface area contributed by atoms with Gasteiger partial charge in [-0.25, -0.2) is 18.6 Å². The first-order valence-electron chi connectivity index (χ1n) is 8.89. The van der Waals surface area contributed by atoms with Crippen LogP contribution in [0.1, 0.15) is 5.56 Å². The van der Waals surface area contributed by atoms with Gasteiger partial charge in [-0.15, -0.1) is 0 Å². The first kappa shape index (κ1) is 17.9. The summed E-state index contributed by atoms with van der Waals surface area (Å²) in [5.41, 5.74) is 1.57. The monoisotopic (exact) mass is 380 g/mol. The normalized spacial score (nSPS) is 13.2. The van der Waals surface area contributed by atoms with Gasteiger partial charge in [0.1, 0.15) is 11.6 Å². The van der Waals surface area contributed by atoms with E-state index in [-0.39, 0.29) is 5.69 Å². The highest BCUT2D eigenvalue weighted by Crippen LogP contribution is 2.32. The van der Waals surface area contributed by atoms with Crippen molar-refractivity contribution in [2.24, 2.45) is 0 Å². The summed E-state index contributed by atoms with van der Waals surface area (Å²) in [6.07, 6.45) is 1.67. The molecule has 4 rings (SSSR count). The minimum Gasteiger partial charge on any atom is -0.349 e. The maximum atomic E-state index is 13.9. The van der Waals surface area contributed by atoms with Crippen molar-refractivity contribution >= 4 is 23.2 Å². The van der Waals surface area contributed by atoms with Gasteiger partial charge in [0.15, 0.2) is 5.82 Å². The van der Waals surface area contributed by atoms with Gasteiger partial charge >= 0.3 is 6.03 Å². The van der Waals surface area contributed by atoms with Crippen LogP contribution in [0.5, 0.6) is 0 Å². The van der Waals surface area contributed by atoms with Crippen LogP contribution in [0.3, 0.4) is 0 Å². The number of amides is 2. The Morgan fingerprint density at radius 1 is 1.04 bits per heavy atom. The summed E-state index contributed by atoms with van der Waals surface area (Å²) in [4.78, 5) is 20.8. The lowest BCUT2D eigenvalue weighted by Crippen LogP contribution is -2.46. The first-order chi connectivity index (χ1) is 13.6. The Bertz CT molecular complexity index is 997. The van der Waals surface area contributed by atoms with Gasteiger partial charge in [0.2, 0.25) is 0 Å². The molecule has 7 heteroatoms. The molecular formula is C21H18F2N4O. The van der Waals surface area contributed by atoms with Crippen molar-refractivity contribution in [3.63, 3.8) is 0 Å². The molecule has 2 amide bonds. The van der Waals surface area contributed by atoms with Crippen molar-refractivity contribution < 1.29 is 13.6 Å². The van der Waals surface area contributed by atoms with Crippen molar-refractivity contribution in [1.29, 1.82) is 0 Å². The van der Waals surface area contributed by atoms with Crippen LogP contribution < -0.4 is 15.1 Å². The molecule has 5 nitrogen and oxygen atoms in total. The number of nitrogens with zero attached hydrogens (tertiary/aromatic N) is 3. The topological polar surface area (TPSA) is 48.5 Å². The maximum Gasteiger partial charge on any atom is 0.326 e. The highest BCUT2D eigenvalue weighted by Gasteiger charge is 2.28. The van der Waals surface area contributed by atoms with E-state index in [1.165, 1.54) is 4.90 Å². The molecule has 0 saturated carbocycles. The Hall–Kier alpha value is -3.48. The van der Waals surface area contributed by atoms with Gasteiger partial charge < -0.3 is 10.2 Å². The number of nitrogens with one attached hydrogen (secondary N) is 1. The Kier molecular flexibility index (Phi) is 4.89. The second-order valence-corrected chi connectivity index (χ2v) is 6.46. The van der Waals surface area contributed by atoms with Gasteiger partial charge in [-0.05, 0) is 29.8 Å². The predicted molar refractivity (Wildman–Crippen MR) is 104 cm³/mol. The molecule has 28 heavy (non-hydrogen) atoms. The third kappa shape index (κ3) is 3.64. The van der Waals surface area contributed by atoms with Crippen LogP contribution in [0.4, 0.5) is 30.8 Å². The molecule has 0 bridgehead atoms. The molecule has 2 heterocycles. The molecule has 2 aromatic carbocycles. The number of fused-ring (bicyclic) bond motifs is 1. The van der Waals surface area contributed by atoms with E-state index in [4.69, 9.17) is 0 Å². The Labute approximate surface area is 161 Å². The van der Waals surface area contributed by atoms with Crippen LogP contribution in [0.25, 0.3) is 0 Å². The summed E-state index contributed by atoms with van der Waals surface area (Å²) in [5, 5.41) is 2.45. The zero-order valence-corrected chi connectivity index (χ0v) is 15.0. The molecule has 1 aliphatic heterocycles.